The van der Waals surface area contributed by atoms with Crippen molar-refractivity contribution in [3.63, 3.8) is 0 Å². The van der Waals surface area contributed by atoms with Crippen LogP contribution in [-0.2, 0) is 4.74 Å². The molecule has 0 saturated heterocycles. The van der Waals surface area contributed by atoms with E-state index in [0.717, 1.165) is 35.6 Å². The fraction of sp³-hybridized carbons (Fsp3) is 0.556. The first-order chi connectivity index (χ1) is 11.2. The molecule has 126 valence electrons. The van der Waals surface area contributed by atoms with Crippen LogP contribution in [0.1, 0.15) is 69.3 Å². The molecule has 2 rings (SSSR count). The zero-order valence-electron chi connectivity index (χ0n) is 13.9. The minimum absolute atomic E-state index is 0.0243. The van der Waals surface area contributed by atoms with Gasteiger partial charge in [-0.3, -0.25) is 0 Å². The lowest BCUT2D eigenvalue weighted by Gasteiger charge is -2.16. The van der Waals surface area contributed by atoms with Gasteiger partial charge in [0.1, 0.15) is 11.1 Å². The summed E-state index contributed by atoms with van der Waals surface area (Å²) < 4.78 is 5.70. The second-order valence-electron chi connectivity index (χ2n) is 5.68. The number of thiazole rings is 1. The second-order valence-corrected chi connectivity index (χ2v) is 7.49. The molecule has 1 unspecified atom stereocenters. The summed E-state index contributed by atoms with van der Waals surface area (Å²) in [7, 11) is 0. The number of carbonyl (C=O) groups is 1. The maximum atomic E-state index is 12.3. The average Bonchev–Trinajstić information content (AvgIpc) is 3.21. The van der Waals surface area contributed by atoms with E-state index in [4.69, 9.17) is 4.74 Å². The third-order valence-electron chi connectivity index (χ3n) is 3.71. The quantitative estimate of drug-likeness (QED) is 0.380. The van der Waals surface area contributed by atoms with Gasteiger partial charge in [-0.15, -0.1) is 22.7 Å². The van der Waals surface area contributed by atoms with Crippen LogP contribution in [0.3, 0.4) is 0 Å². The van der Waals surface area contributed by atoms with E-state index in [-0.39, 0.29) is 12.1 Å². The van der Waals surface area contributed by atoms with E-state index in [1.165, 1.54) is 30.6 Å². The van der Waals surface area contributed by atoms with Gasteiger partial charge in [0.25, 0.3) is 0 Å². The number of hydrogen-bond acceptors (Lipinski definition) is 5. The molecule has 0 radical (unpaired) electrons. The molecule has 0 saturated carbocycles. The highest BCUT2D eigenvalue weighted by Gasteiger charge is 2.18. The molecule has 1 atom stereocenters. The number of rotatable bonds is 10. The standard InChI is InChI=1S/C18H25NO2S2/c1-3-5-6-7-10-14(9-4-2)21-18(20)15-13-23-17(19-15)16-11-8-12-22-16/h8,11-14H,3-7,9-10H2,1-2H3. The number of aromatic nitrogens is 1. The highest BCUT2D eigenvalue weighted by Crippen LogP contribution is 2.28. The van der Waals surface area contributed by atoms with Gasteiger partial charge in [-0.05, 0) is 30.7 Å². The largest absolute Gasteiger partial charge is 0.458 e. The maximum absolute atomic E-state index is 12.3. The van der Waals surface area contributed by atoms with Crippen LogP contribution < -0.4 is 0 Å². The monoisotopic (exact) mass is 351 g/mol. The SMILES string of the molecule is CCCCCCC(CCC)OC(=O)c1csc(-c2cccs2)n1. The molecule has 23 heavy (non-hydrogen) atoms. The van der Waals surface area contributed by atoms with Crippen molar-refractivity contribution in [3.05, 3.63) is 28.6 Å². The van der Waals surface area contributed by atoms with E-state index in [2.05, 4.69) is 18.8 Å². The smallest absolute Gasteiger partial charge is 0.358 e. The maximum Gasteiger partial charge on any atom is 0.358 e. The lowest BCUT2D eigenvalue weighted by Crippen LogP contribution is -2.18. The van der Waals surface area contributed by atoms with Gasteiger partial charge in [-0.1, -0.05) is 45.6 Å². The van der Waals surface area contributed by atoms with E-state index in [0.29, 0.717) is 5.69 Å². The molecule has 3 nitrogen and oxygen atoms in total. The summed E-state index contributed by atoms with van der Waals surface area (Å²) in [5.41, 5.74) is 0.438. The van der Waals surface area contributed by atoms with Crippen LogP contribution >= 0.6 is 22.7 Å². The Balaban J connectivity index is 1.90. The van der Waals surface area contributed by atoms with Crippen LogP contribution in [0.15, 0.2) is 22.9 Å². The Morgan fingerprint density at radius 2 is 2.04 bits per heavy atom. The van der Waals surface area contributed by atoms with Crippen molar-refractivity contribution >= 4 is 28.6 Å². The van der Waals surface area contributed by atoms with Gasteiger partial charge in [-0.25, -0.2) is 9.78 Å². The van der Waals surface area contributed by atoms with E-state index >= 15 is 0 Å². The minimum atomic E-state index is -0.280. The van der Waals surface area contributed by atoms with E-state index in [9.17, 15) is 4.79 Å². The van der Waals surface area contributed by atoms with Crippen molar-refractivity contribution in [1.82, 2.24) is 4.98 Å². The number of carbonyl (C=O) groups excluding carboxylic acids is 1. The summed E-state index contributed by atoms with van der Waals surface area (Å²) >= 11 is 3.13. The Morgan fingerprint density at radius 3 is 2.74 bits per heavy atom. The molecule has 0 N–H and O–H groups in total. The summed E-state index contributed by atoms with van der Waals surface area (Å²) in [5.74, 6) is -0.280. The number of esters is 1. The molecule has 2 aromatic rings. The Morgan fingerprint density at radius 1 is 1.17 bits per heavy atom. The molecule has 0 aromatic carbocycles. The molecule has 0 spiro atoms. The third kappa shape index (κ3) is 5.74. The highest BCUT2D eigenvalue weighted by atomic mass is 32.1. The number of hydrogen-bond donors (Lipinski definition) is 0. The molecule has 5 heteroatoms. The molecule has 0 aliphatic rings. The van der Waals surface area contributed by atoms with E-state index < -0.39 is 0 Å². The first-order valence-corrected chi connectivity index (χ1v) is 10.2. The Kier molecular flexibility index (Phi) is 7.76. The molecule has 0 aliphatic carbocycles. The average molecular weight is 352 g/mol. The molecule has 0 fully saturated rings. The first kappa shape index (κ1) is 18.1. The van der Waals surface area contributed by atoms with Gasteiger partial charge in [0, 0.05) is 5.38 Å². The van der Waals surface area contributed by atoms with Crippen molar-refractivity contribution in [1.29, 1.82) is 0 Å². The topological polar surface area (TPSA) is 39.2 Å². The normalized spacial score (nSPS) is 12.3. The number of nitrogens with zero attached hydrogens (tertiary/aromatic N) is 1. The van der Waals surface area contributed by atoms with Crippen molar-refractivity contribution < 1.29 is 9.53 Å². The number of thiophene rings is 1. The number of unbranched alkanes of at least 4 members (excludes halogenated alkanes) is 3. The third-order valence-corrected chi connectivity index (χ3v) is 5.59. The zero-order chi connectivity index (χ0) is 16.5. The molecule has 0 aliphatic heterocycles. The van der Waals surface area contributed by atoms with Gasteiger partial charge < -0.3 is 4.74 Å². The Bertz CT molecular complexity index is 578. The summed E-state index contributed by atoms with van der Waals surface area (Å²) in [6.07, 6.45) is 7.77. The zero-order valence-corrected chi connectivity index (χ0v) is 15.5. The minimum Gasteiger partial charge on any atom is -0.458 e. The van der Waals surface area contributed by atoms with E-state index in [1.807, 2.05) is 17.5 Å². The summed E-state index contributed by atoms with van der Waals surface area (Å²) in [6, 6.07) is 4.01. The van der Waals surface area contributed by atoms with Gasteiger partial charge in [-0.2, -0.15) is 0 Å². The lowest BCUT2D eigenvalue weighted by molar-refractivity contribution is 0.0248. The highest BCUT2D eigenvalue weighted by molar-refractivity contribution is 7.20. The first-order valence-electron chi connectivity index (χ1n) is 8.45. The molecule has 0 amide bonds. The van der Waals surface area contributed by atoms with E-state index in [1.54, 1.807) is 16.7 Å². The molecule has 2 heterocycles. The Labute approximate surface area is 146 Å². The van der Waals surface area contributed by atoms with Crippen LogP contribution in [0.5, 0.6) is 0 Å². The fourth-order valence-electron chi connectivity index (χ4n) is 2.48. The van der Waals surface area contributed by atoms with Crippen molar-refractivity contribution in [2.24, 2.45) is 0 Å². The van der Waals surface area contributed by atoms with Gasteiger partial charge in [0.05, 0.1) is 4.88 Å². The Hall–Kier alpha value is -1.20. The molecular weight excluding hydrogens is 326 g/mol. The predicted octanol–water partition coefficient (Wildman–Crippen LogP) is 6.17. The predicted molar refractivity (Wildman–Crippen MR) is 98.3 cm³/mol. The van der Waals surface area contributed by atoms with Crippen LogP contribution in [-0.4, -0.2) is 17.1 Å². The number of ether oxygens (including phenoxy) is 1. The molecule has 2 aromatic heterocycles. The van der Waals surface area contributed by atoms with Crippen LogP contribution in [0, 0.1) is 0 Å². The molecule has 0 bridgehead atoms. The summed E-state index contributed by atoms with van der Waals surface area (Å²) in [5, 5.41) is 4.71. The second kappa shape index (κ2) is 9.83. The van der Waals surface area contributed by atoms with Gasteiger partial charge >= 0.3 is 5.97 Å². The van der Waals surface area contributed by atoms with Crippen molar-refractivity contribution in [2.45, 2.75) is 64.9 Å². The van der Waals surface area contributed by atoms with Gasteiger partial charge in [0.15, 0.2) is 5.69 Å². The van der Waals surface area contributed by atoms with Gasteiger partial charge in [0.2, 0.25) is 0 Å². The molecular formula is C18H25NO2S2. The summed E-state index contributed by atoms with van der Waals surface area (Å²) in [4.78, 5) is 17.9. The van der Waals surface area contributed by atoms with Crippen molar-refractivity contribution in [2.75, 3.05) is 0 Å². The van der Waals surface area contributed by atoms with Crippen LogP contribution in [0.25, 0.3) is 9.88 Å². The fourth-order valence-corrected chi connectivity index (χ4v) is 4.08. The van der Waals surface area contributed by atoms with Crippen LogP contribution in [0.2, 0.25) is 0 Å². The lowest BCUT2D eigenvalue weighted by atomic mass is 10.1. The van der Waals surface area contributed by atoms with Crippen molar-refractivity contribution in [3.8, 4) is 9.88 Å². The summed E-state index contributed by atoms with van der Waals surface area (Å²) in [6.45, 7) is 4.33. The van der Waals surface area contributed by atoms with Crippen LogP contribution in [0.4, 0.5) is 0 Å².